The number of benzene rings is 1. The molecule has 0 aliphatic heterocycles. The fourth-order valence-corrected chi connectivity index (χ4v) is 8.55. The van der Waals surface area contributed by atoms with Gasteiger partial charge in [0.2, 0.25) is 0 Å². The van der Waals surface area contributed by atoms with Crippen LogP contribution in [-0.4, -0.2) is 34.0 Å². The topological polar surface area (TPSA) is 6.48 Å². The Morgan fingerprint density at radius 2 is 0.771 bits per heavy atom. The molecule has 0 radical (unpaired) electrons. The van der Waals surface area contributed by atoms with Crippen LogP contribution < -0.4 is 0 Å². The summed E-state index contributed by atoms with van der Waals surface area (Å²) < 4.78 is 1.42. The van der Waals surface area contributed by atoms with Crippen molar-refractivity contribution in [3.8, 4) is 0 Å². The van der Waals surface area contributed by atoms with Crippen LogP contribution in [0.1, 0.15) is 140 Å². The van der Waals surface area contributed by atoms with E-state index in [4.69, 9.17) is 0 Å². The zero-order valence-corrected chi connectivity index (χ0v) is 24.0. The lowest BCUT2D eigenvalue weighted by molar-refractivity contribution is 0.0708. The van der Waals surface area contributed by atoms with Crippen molar-refractivity contribution in [3.63, 3.8) is 0 Å². The average molecular weight is 544 g/mol. The monoisotopic (exact) mass is 542 g/mol. The molecule has 3 heteroatoms. The molecule has 0 saturated heterocycles. The van der Waals surface area contributed by atoms with Crippen LogP contribution in [0.4, 0.5) is 0 Å². The first-order valence-corrected chi connectivity index (χ1v) is 16.4. The number of rotatable bonds is 8. The SMILES string of the molecule is Brc1c(CN(C2CCCCC2)C2CCCCC2)cccc1CN(C1CCCCC1)C1CCCCC1. The Hall–Kier alpha value is -0.380. The highest BCUT2D eigenvalue weighted by atomic mass is 79.9. The summed E-state index contributed by atoms with van der Waals surface area (Å²) in [6.45, 7) is 2.30. The minimum atomic E-state index is 0.809. The first-order valence-electron chi connectivity index (χ1n) is 15.6. The summed E-state index contributed by atoms with van der Waals surface area (Å²) in [4.78, 5) is 5.95. The molecule has 196 valence electrons. The van der Waals surface area contributed by atoms with Gasteiger partial charge in [-0.1, -0.05) is 111 Å². The molecule has 0 bridgehead atoms. The molecule has 2 nitrogen and oxygen atoms in total. The van der Waals surface area contributed by atoms with Crippen molar-refractivity contribution in [2.24, 2.45) is 0 Å². The number of halogens is 1. The summed E-state index contributed by atoms with van der Waals surface area (Å²) >= 11 is 4.18. The van der Waals surface area contributed by atoms with Gasteiger partial charge in [-0.15, -0.1) is 0 Å². The molecule has 0 amide bonds. The molecule has 1 aromatic carbocycles. The Morgan fingerprint density at radius 3 is 1.06 bits per heavy atom. The Morgan fingerprint density at radius 1 is 0.486 bits per heavy atom. The van der Waals surface area contributed by atoms with E-state index in [1.54, 1.807) is 11.1 Å². The van der Waals surface area contributed by atoms with Crippen molar-refractivity contribution in [1.82, 2.24) is 9.80 Å². The summed E-state index contributed by atoms with van der Waals surface area (Å²) in [6.07, 6.45) is 28.7. The molecule has 0 heterocycles. The third kappa shape index (κ3) is 6.94. The summed E-state index contributed by atoms with van der Waals surface area (Å²) in [5, 5.41) is 0. The molecule has 4 saturated carbocycles. The van der Waals surface area contributed by atoms with Gasteiger partial charge in [0.15, 0.2) is 0 Å². The molecule has 0 N–H and O–H groups in total. The standard InChI is InChI=1S/C32H51BrN2/c33-32-26(24-34(28-16-5-1-6-17-28)29-18-7-2-8-19-29)14-13-15-27(32)25-35(30-20-9-3-10-21-30)31-22-11-4-12-23-31/h13-15,28-31H,1-12,16-25H2. The largest absolute Gasteiger partial charge is 0.293 e. The molecule has 0 aromatic heterocycles. The molecule has 35 heavy (non-hydrogen) atoms. The Labute approximate surface area is 224 Å². The van der Waals surface area contributed by atoms with Gasteiger partial charge < -0.3 is 0 Å². The van der Waals surface area contributed by atoms with Crippen LogP contribution in [-0.2, 0) is 13.1 Å². The van der Waals surface area contributed by atoms with Crippen LogP contribution in [0.25, 0.3) is 0 Å². The van der Waals surface area contributed by atoms with Crippen molar-refractivity contribution < 1.29 is 0 Å². The zero-order valence-electron chi connectivity index (χ0n) is 22.4. The van der Waals surface area contributed by atoms with Crippen LogP contribution >= 0.6 is 15.9 Å². The minimum absolute atomic E-state index is 0.809. The van der Waals surface area contributed by atoms with Gasteiger partial charge >= 0.3 is 0 Å². The van der Waals surface area contributed by atoms with E-state index in [9.17, 15) is 0 Å². The maximum Gasteiger partial charge on any atom is 0.0265 e. The Balaban J connectivity index is 1.34. The molecule has 5 rings (SSSR count). The molecule has 4 aliphatic rings. The predicted octanol–water partition coefficient (Wildman–Crippen LogP) is 9.38. The minimum Gasteiger partial charge on any atom is -0.293 e. The smallest absolute Gasteiger partial charge is 0.0265 e. The highest BCUT2D eigenvalue weighted by Gasteiger charge is 2.31. The molecule has 1 aromatic rings. The quantitative estimate of drug-likeness (QED) is 0.322. The highest BCUT2D eigenvalue weighted by molar-refractivity contribution is 9.10. The second-order valence-corrected chi connectivity index (χ2v) is 13.2. The van der Waals surface area contributed by atoms with Crippen LogP contribution in [0.5, 0.6) is 0 Å². The van der Waals surface area contributed by atoms with Gasteiger partial charge in [-0.2, -0.15) is 0 Å². The number of nitrogens with zero attached hydrogens (tertiary/aromatic N) is 2. The molecule has 0 unspecified atom stereocenters. The summed E-state index contributed by atoms with van der Waals surface area (Å²) in [7, 11) is 0. The second-order valence-electron chi connectivity index (χ2n) is 12.4. The second kappa shape index (κ2) is 13.4. The van der Waals surface area contributed by atoms with Gasteiger partial charge in [0, 0.05) is 41.7 Å². The Kier molecular flexibility index (Phi) is 10.1. The zero-order chi connectivity index (χ0) is 23.9. The van der Waals surface area contributed by atoms with Gasteiger partial charge in [0.05, 0.1) is 0 Å². The van der Waals surface area contributed by atoms with Crippen molar-refractivity contribution >= 4 is 15.9 Å². The van der Waals surface area contributed by atoms with E-state index in [0.717, 1.165) is 37.3 Å². The van der Waals surface area contributed by atoms with Crippen molar-refractivity contribution in [2.75, 3.05) is 0 Å². The lowest BCUT2D eigenvalue weighted by atomic mass is 9.87. The summed E-state index contributed by atoms with van der Waals surface area (Å²) in [5.74, 6) is 0. The third-order valence-electron chi connectivity index (χ3n) is 10.0. The van der Waals surface area contributed by atoms with Crippen LogP contribution in [0.3, 0.4) is 0 Å². The van der Waals surface area contributed by atoms with Gasteiger partial charge in [0.25, 0.3) is 0 Å². The van der Waals surface area contributed by atoms with Crippen LogP contribution in [0.15, 0.2) is 22.7 Å². The summed E-state index contributed by atoms with van der Waals surface area (Å²) in [6, 6.07) is 10.5. The van der Waals surface area contributed by atoms with Crippen LogP contribution in [0.2, 0.25) is 0 Å². The third-order valence-corrected chi connectivity index (χ3v) is 11.1. The van der Waals surface area contributed by atoms with Crippen molar-refractivity contribution in [3.05, 3.63) is 33.8 Å². The molecule has 4 aliphatic carbocycles. The lowest BCUT2D eigenvalue weighted by Crippen LogP contribution is -2.45. The van der Waals surface area contributed by atoms with Crippen molar-refractivity contribution in [2.45, 2.75) is 166 Å². The van der Waals surface area contributed by atoms with E-state index in [1.165, 1.54) is 133 Å². The first-order chi connectivity index (χ1) is 17.3. The fourth-order valence-electron chi connectivity index (χ4n) is 8.03. The van der Waals surface area contributed by atoms with E-state index in [0.29, 0.717) is 0 Å². The van der Waals surface area contributed by atoms with Gasteiger partial charge in [-0.3, -0.25) is 9.80 Å². The number of hydrogen-bond acceptors (Lipinski definition) is 2. The molecule has 0 spiro atoms. The van der Waals surface area contributed by atoms with Gasteiger partial charge in [0.1, 0.15) is 0 Å². The van der Waals surface area contributed by atoms with E-state index in [1.807, 2.05) is 0 Å². The Bertz CT molecular complexity index is 659. The maximum absolute atomic E-state index is 4.18. The highest BCUT2D eigenvalue weighted by Crippen LogP contribution is 2.36. The summed E-state index contributed by atoms with van der Waals surface area (Å²) in [5.41, 5.74) is 3.09. The lowest BCUT2D eigenvalue weighted by Gasteiger charge is -2.43. The normalized spacial score (nSPS) is 24.4. The maximum atomic E-state index is 4.18. The predicted molar refractivity (Wildman–Crippen MR) is 153 cm³/mol. The molecule has 0 atom stereocenters. The molecule has 4 fully saturated rings. The van der Waals surface area contributed by atoms with E-state index >= 15 is 0 Å². The van der Waals surface area contributed by atoms with E-state index in [2.05, 4.69) is 43.9 Å². The van der Waals surface area contributed by atoms with Gasteiger partial charge in [-0.05, 0) is 62.5 Å². The molecular formula is C32H51BrN2. The number of hydrogen-bond donors (Lipinski definition) is 0. The first kappa shape index (κ1) is 26.2. The van der Waals surface area contributed by atoms with Crippen molar-refractivity contribution in [1.29, 1.82) is 0 Å². The average Bonchev–Trinajstić information content (AvgIpc) is 2.94. The van der Waals surface area contributed by atoms with Gasteiger partial charge in [-0.25, -0.2) is 0 Å². The van der Waals surface area contributed by atoms with Crippen LogP contribution in [0, 0.1) is 0 Å². The van der Waals surface area contributed by atoms with E-state index < -0.39 is 0 Å². The van der Waals surface area contributed by atoms with E-state index in [-0.39, 0.29) is 0 Å². The fraction of sp³-hybridized carbons (Fsp3) is 0.812. The molecular weight excluding hydrogens is 492 g/mol.